The van der Waals surface area contributed by atoms with E-state index in [2.05, 4.69) is 0 Å². The average molecular weight is 249 g/mol. The maximum absolute atomic E-state index is 12.1. The molecular formula is C15H23NO2. The van der Waals surface area contributed by atoms with Gasteiger partial charge in [-0.25, -0.2) is 0 Å². The highest BCUT2D eigenvalue weighted by Gasteiger charge is 2.20. The van der Waals surface area contributed by atoms with Gasteiger partial charge in [-0.1, -0.05) is 12.1 Å². The Balaban J connectivity index is 2.60. The Kier molecular flexibility index (Phi) is 5.20. The first-order valence-corrected chi connectivity index (χ1v) is 6.42. The maximum atomic E-state index is 12.1. The van der Waals surface area contributed by atoms with Crippen LogP contribution in [-0.2, 0) is 4.79 Å². The summed E-state index contributed by atoms with van der Waals surface area (Å²) in [6.45, 7) is 10.2. The van der Waals surface area contributed by atoms with Crippen LogP contribution in [0.5, 0.6) is 5.75 Å². The molecule has 3 heteroatoms. The molecule has 0 heterocycles. The number of benzene rings is 1. The van der Waals surface area contributed by atoms with Crippen LogP contribution in [0.15, 0.2) is 24.3 Å². The predicted molar refractivity (Wildman–Crippen MR) is 73.8 cm³/mol. The van der Waals surface area contributed by atoms with Crippen LogP contribution < -0.4 is 4.74 Å². The van der Waals surface area contributed by atoms with E-state index in [1.165, 1.54) is 0 Å². The van der Waals surface area contributed by atoms with Gasteiger partial charge >= 0.3 is 0 Å². The molecule has 3 nitrogen and oxygen atoms in total. The maximum Gasteiger partial charge on any atom is 0.260 e. The van der Waals surface area contributed by atoms with Crippen molar-refractivity contribution < 1.29 is 9.53 Å². The van der Waals surface area contributed by atoms with Crippen LogP contribution in [0.2, 0.25) is 0 Å². The molecule has 0 bridgehead atoms. The summed E-state index contributed by atoms with van der Waals surface area (Å²) in [6.07, 6.45) is 0. The van der Waals surface area contributed by atoms with Crippen molar-refractivity contribution in [2.75, 3.05) is 6.61 Å². The van der Waals surface area contributed by atoms with Gasteiger partial charge in [0.25, 0.3) is 5.91 Å². The molecule has 100 valence electrons. The molecule has 18 heavy (non-hydrogen) atoms. The van der Waals surface area contributed by atoms with Crippen molar-refractivity contribution in [3.8, 4) is 5.75 Å². The first kappa shape index (κ1) is 14.6. The van der Waals surface area contributed by atoms with Gasteiger partial charge < -0.3 is 9.64 Å². The van der Waals surface area contributed by atoms with Gasteiger partial charge in [-0.15, -0.1) is 0 Å². The first-order valence-electron chi connectivity index (χ1n) is 6.42. The topological polar surface area (TPSA) is 29.5 Å². The number of aryl methyl sites for hydroxylation is 1. The summed E-state index contributed by atoms with van der Waals surface area (Å²) in [5, 5.41) is 0. The third-order valence-corrected chi connectivity index (χ3v) is 2.75. The molecule has 0 saturated carbocycles. The van der Waals surface area contributed by atoms with E-state index in [-0.39, 0.29) is 24.6 Å². The number of rotatable bonds is 5. The number of carbonyl (C=O) groups is 1. The van der Waals surface area contributed by atoms with E-state index in [0.29, 0.717) is 0 Å². The normalized spacial score (nSPS) is 10.8. The smallest absolute Gasteiger partial charge is 0.260 e. The lowest BCUT2D eigenvalue weighted by Crippen LogP contribution is -2.44. The van der Waals surface area contributed by atoms with Gasteiger partial charge in [0.1, 0.15) is 5.75 Å². The van der Waals surface area contributed by atoms with Crippen molar-refractivity contribution in [3.63, 3.8) is 0 Å². The van der Waals surface area contributed by atoms with Crippen LogP contribution in [0.3, 0.4) is 0 Å². The number of ether oxygens (including phenoxy) is 1. The number of amides is 1. The van der Waals surface area contributed by atoms with Gasteiger partial charge in [0.15, 0.2) is 6.61 Å². The van der Waals surface area contributed by atoms with Crippen molar-refractivity contribution >= 4 is 5.91 Å². The third kappa shape index (κ3) is 4.06. The first-order chi connectivity index (χ1) is 8.41. The fourth-order valence-corrected chi connectivity index (χ4v) is 2.10. The summed E-state index contributed by atoms with van der Waals surface area (Å²) >= 11 is 0. The van der Waals surface area contributed by atoms with E-state index in [4.69, 9.17) is 4.74 Å². The van der Waals surface area contributed by atoms with E-state index in [9.17, 15) is 4.79 Å². The highest BCUT2D eigenvalue weighted by atomic mass is 16.5. The lowest BCUT2D eigenvalue weighted by atomic mass is 10.2. The minimum absolute atomic E-state index is 0.0292. The number of hydrogen-bond acceptors (Lipinski definition) is 2. The van der Waals surface area contributed by atoms with Crippen molar-refractivity contribution in [3.05, 3.63) is 29.8 Å². The highest BCUT2D eigenvalue weighted by molar-refractivity contribution is 5.78. The Hall–Kier alpha value is -1.51. The van der Waals surface area contributed by atoms with Crippen LogP contribution in [0.4, 0.5) is 0 Å². The molecule has 0 saturated heterocycles. The molecule has 0 aliphatic heterocycles. The second kappa shape index (κ2) is 6.43. The van der Waals surface area contributed by atoms with Crippen molar-refractivity contribution in [1.82, 2.24) is 4.90 Å². The lowest BCUT2D eigenvalue weighted by molar-refractivity contribution is -0.136. The zero-order valence-corrected chi connectivity index (χ0v) is 11.9. The summed E-state index contributed by atoms with van der Waals surface area (Å²) in [7, 11) is 0. The molecule has 1 amide bonds. The molecule has 0 aliphatic rings. The Labute approximate surface area is 110 Å². The summed E-state index contributed by atoms with van der Waals surface area (Å²) in [5.41, 5.74) is 1.13. The third-order valence-electron chi connectivity index (χ3n) is 2.75. The van der Waals surface area contributed by atoms with Crippen LogP contribution in [0.1, 0.15) is 33.3 Å². The Morgan fingerprint density at radius 2 is 1.83 bits per heavy atom. The standard InChI is InChI=1S/C15H23NO2/c1-11(2)16(12(3)4)15(17)10-18-14-8-6-7-13(5)9-14/h6-9,11-12H,10H2,1-5H3. The SMILES string of the molecule is Cc1cccc(OCC(=O)N(C(C)C)C(C)C)c1. The molecule has 0 spiro atoms. The molecule has 0 radical (unpaired) electrons. The van der Waals surface area contributed by atoms with Crippen LogP contribution >= 0.6 is 0 Å². The highest BCUT2D eigenvalue weighted by Crippen LogP contribution is 2.13. The van der Waals surface area contributed by atoms with Crippen LogP contribution in [-0.4, -0.2) is 29.5 Å². The number of hydrogen-bond donors (Lipinski definition) is 0. The van der Waals surface area contributed by atoms with Gasteiger partial charge in [-0.05, 0) is 52.3 Å². The van der Waals surface area contributed by atoms with Gasteiger partial charge in [-0.3, -0.25) is 4.79 Å². The fourth-order valence-electron chi connectivity index (χ4n) is 2.10. The zero-order chi connectivity index (χ0) is 13.7. The van der Waals surface area contributed by atoms with Crippen molar-refractivity contribution in [2.24, 2.45) is 0 Å². The molecule has 1 aromatic rings. The molecular weight excluding hydrogens is 226 g/mol. The Morgan fingerprint density at radius 1 is 1.22 bits per heavy atom. The fraction of sp³-hybridized carbons (Fsp3) is 0.533. The minimum Gasteiger partial charge on any atom is -0.484 e. The van der Waals surface area contributed by atoms with E-state index >= 15 is 0 Å². The van der Waals surface area contributed by atoms with E-state index in [0.717, 1.165) is 11.3 Å². The van der Waals surface area contributed by atoms with Gasteiger partial charge in [0, 0.05) is 12.1 Å². The quantitative estimate of drug-likeness (QED) is 0.802. The average Bonchev–Trinajstić information content (AvgIpc) is 2.25. The molecule has 1 aromatic carbocycles. The minimum atomic E-state index is 0.0292. The molecule has 0 aliphatic carbocycles. The number of nitrogens with zero attached hydrogens (tertiary/aromatic N) is 1. The second-order valence-electron chi connectivity index (χ2n) is 5.09. The largest absolute Gasteiger partial charge is 0.484 e. The van der Waals surface area contributed by atoms with E-state index < -0.39 is 0 Å². The summed E-state index contributed by atoms with van der Waals surface area (Å²) in [4.78, 5) is 13.9. The predicted octanol–water partition coefficient (Wildman–Crippen LogP) is 3.02. The number of carbonyl (C=O) groups excluding carboxylic acids is 1. The molecule has 1 rings (SSSR count). The van der Waals surface area contributed by atoms with E-state index in [1.54, 1.807) is 0 Å². The van der Waals surface area contributed by atoms with Gasteiger partial charge in [0.05, 0.1) is 0 Å². The Morgan fingerprint density at radius 3 is 2.33 bits per heavy atom. The summed E-state index contributed by atoms with van der Waals surface area (Å²) < 4.78 is 5.54. The molecule has 0 atom stereocenters. The molecule has 0 N–H and O–H groups in total. The second-order valence-corrected chi connectivity index (χ2v) is 5.09. The van der Waals surface area contributed by atoms with Crippen molar-refractivity contribution in [2.45, 2.75) is 46.7 Å². The van der Waals surface area contributed by atoms with Gasteiger partial charge in [0.2, 0.25) is 0 Å². The molecule has 0 aromatic heterocycles. The van der Waals surface area contributed by atoms with E-state index in [1.807, 2.05) is 63.8 Å². The monoisotopic (exact) mass is 249 g/mol. The summed E-state index contributed by atoms with van der Waals surface area (Å²) in [5.74, 6) is 0.775. The van der Waals surface area contributed by atoms with Gasteiger partial charge in [-0.2, -0.15) is 0 Å². The van der Waals surface area contributed by atoms with Crippen molar-refractivity contribution in [1.29, 1.82) is 0 Å². The van der Waals surface area contributed by atoms with Crippen LogP contribution in [0.25, 0.3) is 0 Å². The molecule has 0 unspecified atom stereocenters. The Bertz CT molecular complexity index is 391. The van der Waals surface area contributed by atoms with Crippen LogP contribution in [0, 0.1) is 6.92 Å². The molecule has 0 fully saturated rings. The summed E-state index contributed by atoms with van der Waals surface area (Å²) in [6, 6.07) is 8.12. The lowest BCUT2D eigenvalue weighted by Gasteiger charge is -2.30. The zero-order valence-electron chi connectivity index (χ0n) is 11.9.